The molecule has 0 fully saturated rings. The summed E-state index contributed by atoms with van der Waals surface area (Å²) in [6, 6.07) is 13.5. The molecule has 0 aliphatic heterocycles. The highest BCUT2D eigenvalue weighted by Gasteiger charge is 2.42. The third kappa shape index (κ3) is 8.64. The van der Waals surface area contributed by atoms with Gasteiger partial charge in [0.05, 0.1) is 22.8 Å². The van der Waals surface area contributed by atoms with Crippen molar-refractivity contribution >= 4 is 22.1 Å². The van der Waals surface area contributed by atoms with Crippen molar-refractivity contribution in [2.24, 2.45) is 5.41 Å². The lowest BCUT2D eigenvalue weighted by atomic mass is 9.88. The molecule has 2 rings (SSSR count). The zero-order chi connectivity index (χ0) is 28.0. The minimum absolute atomic E-state index is 0.000498. The number of hydrogen-bond donors (Lipinski definition) is 2. The number of hydroxylamine groups is 2. The van der Waals surface area contributed by atoms with E-state index in [1.54, 1.807) is 53.7 Å². The third-order valence-electron chi connectivity index (χ3n) is 5.25. The Labute approximate surface area is 217 Å². The zero-order valence-electron chi connectivity index (χ0n) is 21.9. The second kappa shape index (κ2) is 11.8. The monoisotopic (exact) mass is 537 g/mol. The molecule has 0 aliphatic carbocycles. The molecule has 1 unspecified atom stereocenters. The van der Waals surface area contributed by atoms with Gasteiger partial charge in [0.1, 0.15) is 17.1 Å². The van der Waals surface area contributed by atoms with E-state index in [1.807, 2.05) is 18.2 Å². The van der Waals surface area contributed by atoms with Crippen molar-refractivity contribution in [3.8, 4) is 11.5 Å². The maximum absolute atomic E-state index is 13.7. The smallest absolute Gasteiger partial charge is 0.463 e. The number of para-hydroxylation sites is 1. The molecule has 0 spiro atoms. The molecule has 2 N–H and O–H groups in total. The first kappa shape index (κ1) is 29.9. The van der Waals surface area contributed by atoms with Crippen LogP contribution in [-0.4, -0.2) is 59.4 Å². The number of aliphatic hydroxyl groups is 1. The Morgan fingerprint density at radius 2 is 1.46 bits per heavy atom. The summed E-state index contributed by atoms with van der Waals surface area (Å²) in [5.74, 6) is 1.03. The highest BCUT2D eigenvalue weighted by molar-refractivity contribution is 7.92. The molecular weight excluding hydrogens is 502 g/mol. The molecule has 0 aromatic heterocycles. The summed E-state index contributed by atoms with van der Waals surface area (Å²) in [5, 5.41) is 18.7. The minimum atomic E-state index is -4.03. The number of carboxylic acid groups (broad SMARTS) is 1. The molecule has 2 atom stereocenters. The summed E-state index contributed by atoms with van der Waals surface area (Å²) in [5.41, 5.74) is -1.83. The molecule has 37 heavy (non-hydrogen) atoms. The van der Waals surface area contributed by atoms with Gasteiger partial charge in [-0.1, -0.05) is 39.0 Å². The molecule has 0 heterocycles. The van der Waals surface area contributed by atoms with Crippen molar-refractivity contribution in [2.45, 2.75) is 69.8 Å². The van der Waals surface area contributed by atoms with Gasteiger partial charge in [-0.25, -0.2) is 18.0 Å². The van der Waals surface area contributed by atoms with Crippen molar-refractivity contribution in [1.29, 1.82) is 0 Å². The molecule has 10 nitrogen and oxygen atoms in total. The average Bonchev–Trinajstić information content (AvgIpc) is 2.77. The van der Waals surface area contributed by atoms with Crippen molar-refractivity contribution < 1.29 is 42.5 Å². The van der Waals surface area contributed by atoms with Crippen LogP contribution >= 0.6 is 0 Å². The van der Waals surface area contributed by atoms with Crippen molar-refractivity contribution in [3.05, 3.63) is 54.6 Å². The van der Waals surface area contributed by atoms with Crippen molar-refractivity contribution in [3.63, 3.8) is 0 Å². The number of sulfone groups is 1. The molecular formula is C26H35NO9S. The van der Waals surface area contributed by atoms with Gasteiger partial charge in [-0.15, -0.1) is 5.06 Å². The van der Waals surface area contributed by atoms with Gasteiger partial charge < -0.3 is 19.7 Å². The summed E-state index contributed by atoms with van der Waals surface area (Å²) in [6.07, 6.45) is -3.32. The van der Waals surface area contributed by atoms with Crippen LogP contribution in [0.4, 0.5) is 9.59 Å². The molecule has 11 heteroatoms. The van der Waals surface area contributed by atoms with E-state index in [4.69, 9.17) is 14.3 Å². The van der Waals surface area contributed by atoms with E-state index in [0.29, 0.717) is 11.5 Å². The maximum atomic E-state index is 13.7. The molecule has 0 radical (unpaired) electrons. The van der Waals surface area contributed by atoms with Gasteiger partial charge >= 0.3 is 12.2 Å². The molecule has 2 aromatic rings. The number of rotatable bonds is 8. The number of nitrogens with zero attached hydrogens (tertiary/aromatic N) is 1. The van der Waals surface area contributed by atoms with E-state index in [-0.39, 0.29) is 16.4 Å². The normalized spacial score (nSPS) is 13.8. The lowest BCUT2D eigenvalue weighted by Gasteiger charge is -2.35. The summed E-state index contributed by atoms with van der Waals surface area (Å²) in [4.78, 5) is 28.8. The van der Waals surface area contributed by atoms with E-state index in [0.717, 1.165) is 0 Å². The first-order valence-electron chi connectivity index (χ1n) is 11.7. The van der Waals surface area contributed by atoms with Gasteiger partial charge in [0.15, 0.2) is 9.84 Å². The van der Waals surface area contributed by atoms with Crippen LogP contribution in [0.2, 0.25) is 0 Å². The number of amides is 1. The van der Waals surface area contributed by atoms with Crippen LogP contribution < -0.4 is 4.74 Å². The molecule has 0 saturated carbocycles. The van der Waals surface area contributed by atoms with Gasteiger partial charge in [-0.05, 0) is 69.0 Å². The number of hydrogen-bond acceptors (Lipinski definition) is 8. The molecule has 2 aromatic carbocycles. The Kier molecular flexibility index (Phi) is 9.56. The van der Waals surface area contributed by atoms with Crippen LogP contribution in [-0.2, 0) is 19.4 Å². The number of benzene rings is 2. The predicted octanol–water partition coefficient (Wildman–Crippen LogP) is 5.27. The van der Waals surface area contributed by atoms with E-state index in [1.165, 1.54) is 24.3 Å². The van der Waals surface area contributed by atoms with Crippen LogP contribution in [0.3, 0.4) is 0 Å². The Morgan fingerprint density at radius 1 is 0.919 bits per heavy atom. The van der Waals surface area contributed by atoms with Crippen LogP contribution in [0.1, 0.15) is 48.0 Å². The molecule has 1 amide bonds. The SMILES string of the molecule is CC(C)(C)OC(=O)ON(C(=O)O)[C@@H](CO)CC(C(C)(C)C)S(=O)(=O)c1ccc(Oc2ccccc2)cc1. The molecule has 0 saturated heterocycles. The number of carbonyl (C=O) groups is 2. The van der Waals surface area contributed by atoms with Gasteiger partial charge in [0.2, 0.25) is 0 Å². The molecule has 204 valence electrons. The predicted molar refractivity (Wildman–Crippen MR) is 136 cm³/mol. The fraction of sp³-hybridized carbons (Fsp3) is 0.462. The standard InChI is InChI=1S/C26H35NO9S/c1-25(2,3)22(16-18(17-28)27(23(29)30)36-24(31)35-26(4,5)6)37(32,33)21-14-12-20(13-15-21)34-19-10-8-7-9-11-19/h7-15,18,22,28H,16-17H2,1-6H3,(H,29,30)/t18-,22?/m1/s1. The van der Waals surface area contributed by atoms with Crippen LogP contribution in [0.15, 0.2) is 59.5 Å². The second-order valence-electron chi connectivity index (χ2n) is 10.5. The average molecular weight is 538 g/mol. The maximum Gasteiger partial charge on any atom is 0.534 e. The number of carbonyl (C=O) groups excluding carboxylic acids is 1. The fourth-order valence-electron chi connectivity index (χ4n) is 3.54. The highest BCUT2D eigenvalue weighted by atomic mass is 32.2. The van der Waals surface area contributed by atoms with Crippen LogP contribution in [0.25, 0.3) is 0 Å². The van der Waals surface area contributed by atoms with E-state index >= 15 is 0 Å². The van der Waals surface area contributed by atoms with E-state index in [2.05, 4.69) is 0 Å². The highest BCUT2D eigenvalue weighted by Crippen LogP contribution is 2.35. The topological polar surface area (TPSA) is 140 Å². The zero-order valence-corrected chi connectivity index (χ0v) is 22.7. The summed E-state index contributed by atoms with van der Waals surface area (Å²) >= 11 is 0. The largest absolute Gasteiger partial charge is 0.534 e. The van der Waals surface area contributed by atoms with E-state index in [9.17, 15) is 28.2 Å². The van der Waals surface area contributed by atoms with Crippen molar-refractivity contribution in [2.75, 3.05) is 6.61 Å². The Bertz CT molecular complexity index is 1150. The molecule has 0 aliphatic rings. The summed E-state index contributed by atoms with van der Waals surface area (Å²) in [6.45, 7) is 8.99. The Balaban J connectivity index is 2.32. The number of ether oxygens (including phenoxy) is 2. The van der Waals surface area contributed by atoms with Gasteiger partial charge in [0, 0.05) is 0 Å². The lowest BCUT2D eigenvalue weighted by Crippen LogP contribution is -2.48. The molecule has 0 bridgehead atoms. The number of aliphatic hydroxyl groups excluding tert-OH is 1. The second-order valence-corrected chi connectivity index (χ2v) is 12.7. The first-order valence-corrected chi connectivity index (χ1v) is 13.2. The Hall–Kier alpha value is -3.31. The van der Waals surface area contributed by atoms with Gasteiger partial charge in [0.25, 0.3) is 0 Å². The minimum Gasteiger partial charge on any atom is -0.463 e. The Morgan fingerprint density at radius 3 is 1.92 bits per heavy atom. The van der Waals surface area contributed by atoms with Crippen LogP contribution in [0, 0.1) is 5.41 Å². The lowest BCUT2D eigenvalue weighted by molar-refractivity contribution is -0.150. The van der Waals surface area contributed by atoms with Crippen molar-refractivity contribution in [1.82, 2.24) is 5.06 Å². The quantitative estimate of drug-likeness (QED) is 0.341. The van der Waals surface area contributed by atoms with Gasteiger partial charge in [-0.2, -0.15) is 0 Å². The third-order valence-corrected chi connectivity index (χ3v) is 7.83. The van der Waals surface area contributed by atoms with E-state index < -0.39 is 51.0 Å². The van der Waals surface area contributed by atoms with Gasteiger partial charge in [-0.3, -0.25) is 4.84 Å². The van der Waals surface area contributed by atoms with Crippen LogP contribution in [0.5, 0.6) is 11.5 Å². The summed E-state index contributed by atoms with van der Waals surface area (Å²) < 4.78 is 38.1. The first-order chi connectivity index (χ1) is 17.0. The fourth-order valence-corrected chi connectivity index (χ4v) is 5.79. The summed E-state index contributed by atoms with van der Waals surface area (Å²) in [7, 11) is -4.03.